The summed E-state index contributed by atoms with van der Waals surface area (Å²) in [5, 5.41) is 3.16. The Hall–Kier alpha value is -1.57. The molecule has 0 unspecified atom stereocenters. The van der Waals surface area contributed by atoms with Gasteiger partial charge in [-0.2, -0.15) is 0 Å². The molecule has 1 atom stereocenters. The third-order valence-electron chi connectivity index (χ3n) is 4.82. The van der Waals surface area contributed by atoms with Crippen LogP contribution in [-0.2, 0) is 11.2 Å². The zero-order valence-electron chi connectivity index (χ0n) is 12.7. The fourth-order valence-corrected chi connectivity index (χ4v) is 3.63. The van der Waals surface area contributed by atoms with Gasteiger partial charge in [0.05, 0.1) is 5.92 Å². The van der Waals surface area contributed by atoms with Gasteiger partial charge in [-0.15, -0.1) is 0 Å². The largest absolute Gasteiger partial charge is 0.355 e. The molecule has 0 aromatic heterocycles. The van der Waals surface area contributed by atoms with Gasteiger partial charge in [0.25, 0.3) is 0 Å². The second-order valence-corrected chi connectivity index (χ2v) is 6.29. The van der Waals surface area contributed by atoms with Crippen molar-refractivity contribution in [2.45, 2.75) is 57.3 Å². The minimum absolute atomic E-state index is 0.0651. The van der Waals surface area contributed by atoms with Gasteiger partial charge in [-0.3, -0.25) is 4.79 Å². The Morgan fingerprint density at radius 2 is 2.05 bits per heavy atom. The highest BCUT2D eigenvalue weighted by atomic mass is 16.1. The highest BCUT2D eigenvalue weighted by Crippen LogP contribution is 2.31. The second-order valence-electron chi connectivity index (χ2n) is 6.29. The van der Waals surface area contributed by atoms with Gasteiger partial charge in [0.1, 0.15) is 0 Å². The topological polar surface area (TPSA) is 29.1 Å². The molecule has 3 rings (SSSR count). The molecular weight excluding hydrogens is 258 g/mol. The lowest BCUT2D eigenvalue weighted by Gasteiger charge is -2.24. The predicted octanol–water partition coefficient (Wildman–Crippen LogP) is 4.11. The second kappa shape index (κ2) is 6.93. The molecule has 1 aromatic rings. The molecule has 0 saturated heterocycles. The van der Waals surface area contributed by atoms with Gasteiger partial charge in [-0.05, 0) is 62.5 Å². The Bertz CT molecular complexity index is 532. The van der Waals surface area contributed by atoms with E-state index in [2.05, 4.69) is 35.7 Å². The van der Waals surface area contributed by atoms with E-state index < -0.39 is 0 Å². The molecule has 0 spiro atoms. The fourth-order valence-electron chi connectivity index (χ4n) is 3.63. The number of allylic oxidation sites excluding steroid dienone is 1. The summed E-state index contributed by atoms with van der Waals surface area (Å²) in [5.41, 5.74) is 4.14. The van der Waals surface area contributed by atoms with Gasteiger partial charge >= 0.3 is 0 Å². The van der Waals surface area contributed by atoms with Gasteiger partial charge in [0.2, 0.25) is 5.91 Å². The summed E-state index contributed by atoms with van der Waals surface area (Å²) < 4.78 is 0. The number of aryl methyl sites for hydroxylation is 1. The van der Waals surface area contributed by atoms with Crippen LogP contribution in [0.3, 0.4) is 0 Å². The van der Waals surface area contributed by atoms with E-state index in [-0.39, 0.29) is 11.8 Å². The molecule has 0 aliphatic heterocycles. The Kier molecular flexibility index (Phi) is 4.74. The molecule has 0 saturated carbocycles. The highest BCUT2D eigenvalue weighted by Gasteiger charge is 2.25. The monoisotopic (exact) mass is 283 g/mol. The van der Waals surface area contributed by atoms with Crippen LogP contribution in [-0.4, -0.2) is 12.5 Å². The number of carbonyl (C=O) groups is 1. The number of hydrogen-bond donors (Lipinski definition) is 1. The first kappa shape index (κ1) is 14.4. The lowest BCUT2D eigenvalue weighted by molar-refractivity contribution is -0.122. The van der Waals surface area contributed by atoms with Gasteiger partial charge < -0.3 is 5.32 Å². The molecule has 0 radical (unpaired) electrons. The summed E-state index contributed by atoms with van der Waals surface area (Å²) in [6, 6.07) is 8.43. The fraction of sp³-hybridized carbons (Fsp3) is 0.526. The van der Waals surface area contributed by atoms with Gasteiger partial charge in [0.15, 0.2) is 0 Å². The molecule has 112 valence electrons. The maximum absolute atomic E-state index is 12.5. The molecule has 2 nitrogen and oxygen atoms in total. The van der Waals surface area contributed by atoms with Crippen molar-refractivity contribution in [1.29, 1.82) is 0 Å². The zero-order chi connectivity index (χ0) is 14.5. The number of benzene rings is 1. The number of amides is 1. The van der Waals surface area contributed by atoms with E-state index in [1.165, 1.54) is 42.4 Å². The van der Waals surface area contributed by atoms with Crippen LogP contribution in [0.25, 0.3) is 0 Å². The van der Waals surface area contributed by atoms with E-state index in [4.69, 9.17) is 0 Å². The smallest absolute Gasteiger partial charge is 0.227 e. The third-order valence-corrected chi connectivity index (χ3v) is 4.82. The van der Waals surface area contributed by atoms with E-state index in [0.717, 1.165) is 32.2 Å². The minimum atomic E-state index is 0.0651. The average Bonchev–Trinajstić information content (AvgIpc) is 2.55. The Labute approximate surface area is 127 Å². The summed E-state index contributed by atoms with van der Waals surface area (Å²) in [6.45, 7) is 0.795. The van der Waals surface area contributed by atoms with Crippen LogP contribution in [0.4, 0.5) is 0 Å². The van der Waals surface area contributed by atoms with Crippen LogP contribution < -0.4 is 5.32 Å². The van der Waals surface area contributed by atoms with Gasteiger partial charge in [-0.25, -0.2) is 0 Å². The first-order valence-corrected chi connectivity index (χ1v) is 8.38. The Balaban J connectivity index is 1.55. The van der Waals surface area contributed by atoms with Crippen LogP contribution in [0.1, 0.15) is 62.0 Å². The highest BCUT2D eigenvalue weighted by molar-refractivity contribution is 5.84. The van der Waals surface area contributed by atoms with Crippen molar-refractivity contribution < 1.29 is 4.79 Å². The summed E-state index contributed by atoms with van der Waals surface area (Å²) in [6.07, 6.45) is 11.7. The van der Waals surface area contributed by atoms with Crippen molar-refractivity contribution >= 4 is 5.91 Å². The predicted molar refractivity (Wildman–Crippen MR) is 86.3 cm³/mol. The van der Waals surface area contributed by atoms with E-state index in [1.54, 1.807) is 0 Å². The number of hydrogen-bond acceptors (Lipinski definition) is 1. The third kappa shape index (κ3) is 3.55. The quantitative estimate of drug-likeness (QED) is 0.828. The summed E-state index contributed by atoms with van der Waals surface area (Å²) >= 11 is 0. The number of rotatable bonds is 4. The molecule has 0 fully saturated rings. The van der Waals surface area contributed by atoms with E-state index >= 15 is 0 Å². The molecule has 2 aliphatic carbocycles. The van der Waals surface area contributed by atoms with Gasteiger partial charge in [-0.1, -0.05) is 35.9 Å². The van der Waals surface area contributed by atoms with Crippen molar-refractivity contribution in [1.82, 2.24) is 5.32 Å². The van der Waals surface area contributed by atoms with Crippen LogP contribution in [0.5, 0.6) is 0 Å². The average molecular weight is 283 g/mol. The van der Waals surface area contributed by atoms with Crippen LogP contribution in [0, 0.1) is 0 Å². The molecule has 0 heterocycles. The molecule has 2 heteroatoms. The lowest BCUT2D eigenvalue weighted by Crippen LogP contribution is -2.32. The molecule has 21 heavy (non-hydrogen) atoms. The van der Waals surface area contributed by atoms with Crippen LogP contribution in [0.15, 0.2) is 35.9 Å². The summed E-state index contributed by atoms with van der Waals surface area (Å²) in [5.74, 6) is 0.286. The standard InChI is InChI=1S/C19H25NO/c21-19(20-14-13-15-7-2-1-3-8-15)18-12-6-10-16-9-4-5-11-17(16)18/h4-5,7,9,11,18H,1-3,6,8,10,12-14H2,(H,20,21)/t18-/m0/s1. The van der Waals surface area contributed by atoms with Crippen molar-refractivity contribution in [2.24, 2.45) is 0 Å². The maximum Gasteiger partial charge on any atom is 0.227 e. The van der Waals surface area contributed by atoms with E-state index in [9.17, 15) is 4.79 Å². The van der Waals surface area contributed by atoms with Crippen LogP contribution >= 0.6 is 0 Å². The maximum atomic E-state index is 12.5. The number of carbonyl (C=O) groups excluding carboxylic acids is 1. The minimum Gasteiger partial charge on any atom is -0.355 e. The molecule has 1 aromatic carbocycles. The Morgan fingerprint density at radius 3 is 2.90 bits per heavy atom. The first-order valence-electron chi connectivity index (χ1n) is 8.38. The van der Waals surface area contributed by atoms with E-state index in [0.29, 0.717) is 0 Å². The van der Waals surface area contributed by atoms with Crippen molar-refractivity contribution in [3.05, 3.63) is 47.0 Å². The van der Waals surface area contributed by atoms with Crippen molar-refractivity contribution in [2.75, 3.05) is 6.54 Å². The van der Waals surface area contributed by atoms with E-state index in [1.807, 2.05) is 0 Å². The molecular formula is C19H25NO. The van der Waals surface area contributed by atoms with Crippen molar-refractivity contribution in [3.8, 4) is 0 Å². The summed E-state index contributed by atoms with van der Waals surface area (Å²) in [7, 11) is 0. The number of fused-ring (bicyclic) bond motifs is 1. The molecule has 2 aliphatic rings. The summed E-state index contributed by atoms with van der Waals surface area (Å²) in [4.78, 5) is 12.5. The van der Waals surface area contributed by atoms with Gasteiger partial charge in [0, 0.05) is 6.54 Å². The normalized spacial score (nSPS) is 21.3. The van der Waals surface area contributed by atoms with Crippen LogP contribution in [0.2, 0.25) is 0 Å². The Morgan fingerprint density at radius 1 is 1.14 bits per heavy atom. The number of nitrogens with one attached hydrogen (secondary N) is 1. The SMILES string of the molecule is O=C(NCCC1=CCCCC1)[C@H]1CCCc2ccccc21. The first-order chi connectivity index (χ1) is 10.3. The zero-order valence-corrected chi connectivity index (χ0v) is 12.7. The molecule has 1 N–H and O–H groups in total. The molecule has 1 amide bonds. The van der Waals surface area contributed by atoms with Crippen molar-refractivity contribution in [3.63, 3.8) is 0 Å². The lowest BCUT2D eigenvalue weighted by atomic mass is 9.82. The molecule has 0 bridgehead atoms.